The molecule has 0 bridgehead atoms. The second-order valence-corrected chi connectivity index (χ2v) is 2.19. The Morgan fingerprint density at radius 1 is 1.13 bits per heavy atom. The standard InChI is InChI=1S/C9H6O4.2Na.2H/c10-6-8(11)13-9(12)7-4-2-1-3-5-7;;;;/h1-6H;;;;/q;2*+1;2*-1. The minimum atomic E-state index is -1.19. The van der Waals surface area contributed by atoms with Crippen molar-refractivity contribution in [3.63, 3.8) is 0 Å². The van der Waals surface area contributed by atoms with Crippen molar-refractivity contribution in [1.82, 2.24) is 0 Å². The van der Waals surface area contributed by atoms with Crippen LogP contribution in [0.1, 0.15) is 13.2 Å². The van der Waals surface area contributed by atoms with Crippen LogP contribution in [0.25, 0.3) is 0 Å². The molecule has 0 aliphatic rings. The van der Waals surface area contributed by atoms with Crippen LogP contribution in [0.5, 0.6) is 0 Å². The molecule has 1 rings (SSSR count). The predicted molar refractivity (Wildman–Crippen MR) is 45.2 cm³/mol. The molecule has 0 aromatic heterocycles. The summed E-state index contributed by atoms with van der Waals surface area (Å²) in [4.78, 5) is 31.2. The molecule has 1 aromatic rings. The minimum Gasteiger partial charge on any atom is -1.00 e. The van der Waals surface area contributed by atoms with E-state index in [2.05, 4.69) is 4.74 Å². The third-order valence-corrected chi connectivity index (χ3v) is 1.30. The van der Waals surface area contributed by atoms with Crippen LogP contribution in [-0.2, 0) is 14.3 Å². The van der Waals surface area contributed by atoms with Crippen molar-refractivity contribution in [2.75, 3.05) is 0 Å². The minimum absolute atomic E-state index is 0. The van der Waals surface area contributed by atoms with Gasteiger partial charge in [0.25, 0.3) is 0 Å². The van der Waals surface area contributed by atoms with E-state index in [-0.39, 0.29) is 73.8 Å². The molecule has 0 unspecified atom stereocenters. The number of aldehydes is 1. The van der Waals surface area contributed by atoms with Crippen LogP contribution in [0.15, 0.2) is 30.3 Å². The number of hydrogen-bond acceptors (Lipinski definition) is 4. The van der Waals surface area contributed by atoms with Crippen LogP contribution in [0.3, 0.4) is 0 Å². The fourth-order valence-corrected chi connectivity index (χ4v) is 0.749. The fourth-order valence-electron chi connectivity index (χ4n) is 0.749. The Balaban J connectivity index is -0.000000211. The van der Waals surface area contributed by atoms with Gasteiger partial charge in [-0.15, -0.1) is 0 Å². The summed E-state index contributed by atoms with van der Waals surface area (Å²) in [6.45, 7) is 0. The molecular weight excluding hydrogens is 218 g/mol. The van der Waals surface area contributed by atoms with Crippen LogP contribution in [0.4, 0.5) is 0 Å². The third-order valence-electron chi connectivity index (χ3n) is 1.30. The molecule has 0 saturated heterocycles. The maximum Gasteiger partial charge on any atom is 1.00 e. The zero-order valence-corrected chi connectivity index (χ0v) is 12.6. The first-order valence-corrected chi connectivity index (χ1v) is 3.50. The van der Waals surface area contributed by atoms with E-state index in [1.54, 1.807) is 18.2 Å². The SMILES string of the molecule is O=CC(=O)OC(=O)c1ccccc1.[H-].[H-].[Na+].[Na+]. The summed E-state index contributed by atoms with van der Waals surface area (Å²) >= 11 is 0. The molecule has 4 nitrogen and oxygen atoms in total. The first-order chi connectivity index (χ1) is 6.24. The summed E-state index contributed by atoms with van der Waals surface area (Å²) in [6, 6.07) is 7.95. The van der Waals surface area contributed by atoms with E-state index in [4.69, 9.17) is 0 Å². The Hall–Kier alpha value is 0.0300. The van der Waals surface area contributed by atoms with Gasteiger partial charge in [-0.25, -0.2) is 9.59 Å². The average molecular weight is 226 g/mol. The molecule has 0 aliphatic heterocycles. The van der Waals surface area contributed by atoms with E-state index in [0.717, 1.165) is 0 Å². The van der Waals surface area contributed by atoms with Crippen LogP contribution in [-0.4, -0.2) is 18.2 Å². The van der Waals surface area contributed by atoms with Crippen LogP contribution >= 0.6 is 0 Å². The summed E-state index contributed by atoms with van der Waals surface area (Å²) in [5, 5.41) is 0. The van der Waals surface area contributed by atoms with Gasteiger partial charge in [0, 0.05) is 0 Å². The molecule has 70 valence electrons. The quantitative estimate of drug-likeness (QED) is 0.166. The molecule has 0 heterocycles. The molecule has 0 spiro atoms. The molecule has 0 amide bonds. The molecule has 0 radical (unpaired) electrons. The van der Waals surface area contributed by atoms with Gasteiger partial charge in [0.2, 0.25) is 6.29 Å². The largest absolute Gasteiger partial charge is 1.00 e. The average Bonchev–Trinajstić information content (AvgIpc) is 2.19. The Labute approximate surface area is 134 Å². The van der Waals surface area contributed by atoms with Gasteiger partial charge in [0.05, 0.1) is 5.56 Å². The van der Waals surface area contributed by atoms with Crippen molar-refractivity contribution < 1.29 is 81.1 Å². The van der Waals surface area contributed by atoms with Crippen LogP contribution in [0, 0.1) is 0 Å². The smallest absolute Gasteiger partial charge is 1.00 e. The van der Waals surface area contributed by atoms with E-state index >= 15 is 0 Å². The molecule has 0 atom stereocenters. The first-order valence-electron chi connectivity index (χ1n) is 3.50. The van der Waals surface area contributed by atoms with Gasteiger partial charge < -0.3 is 7.59 Å². The van der Waals surface area contributed by atoms with E-state index in [1.165, 1.54) is 12.1 Å². The maximum absolute atomic E-state index is 11.0. The Kier molecular flexibility index (Phi) is 10.8. The normalized spacial score (nSPS) is 7.73. The van der Waals surface area contributed by atoms with Gasteiger partial charge in [0.15, 0.2) is 0 Å². The summed E-state index contributed by atoms with van der Waals surface area (Å²) in [5.74, 6) is -2.01. The van der Waals surface area contributed by atoms with Crippen molar-refractivity contribution in [1.29, 1.82) is 0 Å². The molecule has 6 heteroatoms. The zero-order valence-electron chi connectivity index (χ0n) is 10.6. The van der Waals surface area contributed by atoms with Gasteiger partial charge in [-0.3, -0.25) is 4.79 Å². The number of carbonyl (C=O) groups is 3. The fraction of sp³-hybridized carbons (Fsp3) is 0. The topological polar surface area (TPSA) is 60.4 Å². The number of hydrogen-bond donors (Lipinski definition) is 0. The van der Waals surface area contributed by atoms with Crippen molar-refractivity contribution in [2.24, 2.45) is 0 Å². The number of ether oxygens (including phenoxy) is 1. The molecule has 0 saturated carbocycles. The third kappa shape index (κ3) is 6.25. The number of rotatable bonds is 2. The molecule has 15 heavy (non-hydrogen) atoms. The summed E-state index contributed by atoms with van der Waals surface area (Å²) < 4.78 is 4.14. The van der Waals surface area contributed by atoms with E-state index in [0.29, 0.717) is 0 Å². The second-order valence-electron chi connectivity index (χ2n) is 2.19. The van der Waals surface area contributed by atoms with Gasteiger partial charge >= 0.3 is 71.1 Å². The Morgan fingerprint density at radius 3 is 2.13 bits per heavy atom. The monoisotopic (exact) mass is 226 g/mol. The predicted octanol–water partition coefficient (Wildman–Crippen LogP) is -5.20. The molecule has 1 aromatic carbocycles. The van der Waals surface area contributed by atoms with Crippen LogP contribution < -0.4 is 59.1 Å². The number of carbonyl (C=O) groups excluding carboxylic acids is 3. The first kappa shape index (κ1) is 17.4. The van der Waals surface area contributed by atoms with E-state index < -0.39 is 11.9 Å². The van der Waals surface area contributed by atoms with Crippen molar-refractivity contribution in [3.05, 3.63) is 35.9 Å². The van der Waals surface area contributed by atoms with Crippen molar-refractivity contribution in [3.8, 4) is 0 Å². The maximum atomic E-state index is 11.0. The van der Waals surface area contributed by atoms with E-state index in [1.807, 2.05) is 0 Å². The molecule has 0 fully saturated rings. The van der Waals surface area contributed by atoms with Gasteiger partial charge in [-0.1, -0.05) is 18.2 Å². The van der Waals surface area contributed by atoms with Gasteiger partial charge in [-0.05, 0) is 12.1 Å². The summed E-state index contributed by atoms with van der Waals surface area (Å²) in [7, 11) is 0. The number of esters is 2. The van der Waals surface area contributed by atoms with Crippen LogP contribution in [0.2, 0.25) is 0 Å². The Morgan fingerprint density at radius 2 is 1.67 bits per heavy atom. The Bertz CT molecular complexity index is 346. The summed E-state index contributed by atoms with van der Waals surface area (Å²) in [5.41, 5.74) is 0.234. The molecule has 0 N–H and O–H groups in total. The molecule has 0 aliphatic carbocycles. The van der Waals surface area contributed by atoms with Crippen molar-refractivity contribution in [2.45, 2.75) is 0 Å². The zero-order chi connectivity index (χ0) is 9.68. The summed E-state index contributed by atoms with van der Waals surface area (Å²) in [6.07, 6.45) is -0.0547. The van der Waals surface area contributed by atoms with Gasteiger partial charge in [0.1, 0.15) is 0 Å². The second kappa shape index (κ2) is 9.27. The van der Waals surface area contributed by atoms with Crippen molar-refractivity contribution >= 4 is 18.2 Å². The number of benzene rings is 1. The van der Waals surface area contributed by atoms with E-state index in [9.17, 15) is 14.4 Å². The van der Waals surface area contributed by atoms with Gasteiger partial charge in [-0.2, -0.15) is 0 Å². The molecular formula is C9H8Na2O4.